The molecule has 39 heavy (non-hydrogen) atoms. The fraction of sp³-hybridized carbons (Fsp3) is 0.133. The fourth-order valence-corrected chi connectivity index (χ4v) is 3.83. The maximum Gasteiger partial charge on any atom is 0.325 e. The highest BCUT2D eigenvalue weighted by atomic mass is 32.1. The Morgan fingerprint density at radius 3 is 1.72 bits per heavy atom. The summed E-state index contributed by atoms with van der Waals surface area (Å²) in [5, 5.41) is 0.536. The lowest BCUT2D eigenvalue weighted by Crippen LogP contribution is -2.28. The number of rotatable bonds is 9. The smallest absolute Gasteiger partial charge is 0.325 e. The van der Waals surface area contributed by atoms with E-state index in [9.17, 15) is 4.79 Å². The number of nitrogens with zero attached hydrogens (tertiary/aromatic N) is 3. The average molecular weight is 544 g/mol. The third-order valence-corrected chi connectivity index (χ3v) is 5.96. The van der Waals surface area contributed by atoms with Crippen molar-refractivity contribution in [2.75, 3.05) is 38.0 Å². The van der Waals surface area contributed by atoms with Gasteiger partial charge in [-0.05, 0) is 76.9 Å². The molecule has 2 heterocycles. The number of anilines is 2. The van der Waals surface area contributed by atoms with Crippen molar-refractivity contribution in [1.29, 1.82) is 0 Å². The van der Waals surface area contributed by atoms with Gasteiger partial charge < -0.3 is 24.2 Å². The Balaban J connectivity index is 1.64. The normalized spacial score (nSPS) is 15.3. The molecule has 8 nitrogen and oxygen atoms in total. The molecular formula is C30H29N3O5S. The van der Waals surface area contributed by atoms with Gasteiger partial charge in [0, 0.05) is 45.1 Å². The van der Waals surface area contributed by atoms with E-state index in [1.807, 2.05) is 111 Å². The predicted molar refractivity (Wildman–Crippen MR) is 157 cm³/mol. The van der Waals surface area contributed by atoms with Gasteiger partial charge >= 0.3 is 11.1 Å². The third kappa shape index (κ3) is 6.84. The lowest BCUT2D eigenvalue weighted by Gasteiger charge is -2.15. The average Bonchev–Trinajstić information content (AvgIpc) is 3.22. The monoisotopic (exact) mass is 543 g/mol. The van der Waals surface area contributed by atoms with Crippen LogP contribution in [0.2, 0.25) is 0 Å². The summed E-state index contributed by atoms with van der Waals surface area (Å²) in [6.45, 7) is 3.38. The Morgan fingerprint density at radius 2 is 1.28 bits per heavy atom. The zero-order valence-electron chi connectivity index (χ0n) is 22.2. The Bertz CT molecular complexity index is 1320. The van der Waals surface area contributed by atoms with Crippen LogP contribution in [0.1, 0.15) is 11.1 Å². The first-order chi connectivity index (χ1) is 18.7. The van der Waals surface area contributed by atoms with E-state index in [2.05, 4.69) is 11.5 Å². The van der Waals surface area contributed by atoms with E-state index in [0.717, 1.165) is 33.8 Å². The van der Waals surface area contributed by atoms with Crippen molar-refractivity contribution in [3.8, 4) is 0 Å². The molecule has 0 spiro atoms. The van der Waals surface area contributed by atoms with Gasteiger partial charge in [-0.1, -0.05) is 48.1 Å². The van der Waals surface area contributed by atoms with Gasteiger partial charge in [0.05, 0.1) is 0 Å². The van der Waals surface area contributed by atoms with Gasteiger partial charge in [-0.2, -0.15) is 0 Å². The summed E-state index contributed by atoms with van der Waals surface area (Å²) in [5.74, 6) is 0.376. The first-order valence-corrected chi connectivity index (χ1v) is 12.4. The van der Waals surface area contributed by atoms with E-state index in [1.54, 1.807) is 12.2 Å². The zero-order valence-corrected chi connectivity index (χ0v) is 23.0. The van der Waals surface area contributed by atoms with Crippen LogP contribution in [0, 0.1) is 0 Å². The Kier molecular flexibility index (Phi) is 8.65. The zero-order chi connectivity index (χ0) is 27.9. The summed E-state index contributed by atoms with van der Waals surface area (Å²) in [5.41, 5.74) is 4.64. The van der Waals surface area contributed by atoms with Gasteiger partial charge in [0.15, 0.2) is 0 Å². The van der Waals surface area contributed by atoms with Crippen molar-refractivity contribution < 1.29 is 24.1 Å². The second-order valence-corrected chi connectivity index (χ2v) is 9.27. The number of hydrogen-bond acceptors (Lipinski definition) is 8. The summed E-state index contributed by atoms with van der Waals surface area (Å²) in [4.78, 5) is 26.5. The molecule has 200 valence electrons. The summed E-state index contributed by atoms with van der Waals surface area (Å²) >= 11 is 5.13. The molecule has 0 radical (unpaired) electrons. The molecular weight excluding hydrogens is 514 g/mol. The molecule has 2 aliphatic rings. The van der Waals surface area contributed by atoms with E-state index in [-0.39, 0.29) is 10.9 Å². The highest BCUT2D eigenvalue weighted by Gasteiger charge is 2.38. The maximum absolute atomic E-state index is 12.9. The van der Waals surface area contributed by atoms with Crippen molar-refractivity contribution in [3.05, 3.63) is 120 Å². The van der Waals surface area contributed by atoms with Crippen LogP contribution >= 0.6 is 12.2 Å². The minimum atomic E-state index is -0.614. The number of benzene rings is 2. The molecule has 4 rings (SSSR count). The van der Waals surface area contributed by atoms with Crippen LogP contribution in [0.5, 0.6) is 0 Å². The molecule has 0 saturated carbocycles. The van der Waals surface area contributed by atoms with Gasteiger partial charge in [-0.3, -0.25) is 4.79 Å². The predicted octanol–water partition coefficient (Wildman–Crippen LogP) is 5.75. The number of amides is 1. The van der Waals surface area contributed by atoms with Crippen molar-refractivity contribution >= 4 is 46.8 Å². The molecule has 0 bridgehead atoms. The summed E-state index contributed by atoms with van der Waals surface area (Å²) in [6.07, 6.45) is 11.9. The summed E-state index contributed by atoms with van der Waals surface area (Å²) < 4.78 is 11.7. The molecule has 2 aliphatic heterocycles. The number of allylic oxidation sites excluding steroid dienone is 5. The van der Waals surface area contributed by atoms with Crippen molar-refractivity contribution in [2.45, 2.75) is 0 Å². The molecule has 1 amide bonds. The van der Waals surface area contributed by atoms with Crippen LogP contribution in [-0.4, -0.2) is 44.3 Å². The largest absolute Gasteiger partial charge is 0.457 e. The summed E-state index contributed by atoms with van der Waals surface area (Å²) in [7, 11) is 7.97. The van der Waals surface area contributed by atoms with Crippen LogP contribution in [0.4, 0.5) is 11.4 Å². The highest BCUT2D eigenvalue weighted by molar-refractivity contribution is 7.80. The summed E-state index contributed by atoms with van der Waals surface area (Å²) in [6, 6.07) is 16.2. The molecule has 0 aliphatic carbocycles. The quantitative estimate of drug-likeness (QED) is 0.130. The van der Waals surface area contributed by atoms with E-state index >= 15 is 0 Å². The number of thiocarbonyl (C=S) groups is 1. The van der Waals surface area contributed by atoms with Crippen LogP contribution in [0.15, 0.2) is 109 Å². The Hall–Kier alpha value is -4.60. The number of carbonyl (C=O) groups is 1. The lowest BCUT2D eigenvalue weighted by molar-refractivity contribution is -0.352. The van der Waals surface area contributed by atoms with Gasteiger partial charge in [0.2, 0.25) is 5.76 Å². The minimum Gasteiger partial charge on any atom is -0.457 e. The van der Waals surface area contributed by atoms with Crippen molar-refractivity contribution in [3.63, 3.8) is 0 Å². The first-order valence-electron chi connectivity index (χ1n) is 12.0. The number of hydrogen-bond donors (Lipinski definition) is 0. The number of ether oxygens (including phenoxy) is 2. The first kappa shape index (κ1) is 27.4. The molecule has 0 unspecified atom stereocenters. The maximum atomic E-state index is 12.9. The molecule has 1 fully saturated rings. The molecule has 0 atom stereocenters. The molecule has 2 aromatic rings. The van der Waals surface area contributed by atoms with Gasteiger partial charge in [0.25, 0.3) is 0 Å². The highest BCUT2D eigenvalue weighted by Crippen LogP contribution is 2.29. The molecule has 0 aromatic heterocycles. The molecule has 0 N–H and O–H groups in total. The van der Waals surface area contributed by atoms with Crippen molar-refractivity contribution in [2.24, 2.45) is 0 Å². The molecule has 1 saturated heterocycles. The molecule has 9 heteroatoms. The van der Waals surface area contributed by atoms with Crippen molar-refractivity contribution in [1.82, 2.24) is 5.06 Å². The Morgan fingerprint density at radius 1 is 0.795 bits per heavy atom. The second-order valence-electron chi connectivity index (χ2n) is 8.92. The van der Waals surface area contributed by atoms with Crippen LogP contribution in [0.3, 0.4) is 0 Å². The fourth-order valence-electron chi connectivity index (χ4n) is 3.63. The van der Waals surface area contributed by atoms with E-state index in [1.165, 1.54) is 0 Å². The van der Waals surface area contributed by atoms with E-state index < -0.39 is 5.91 Å². The number of hydroxylamine groups is 2. The SMILES string of the molecule is C=COON1C(=O)C(=C2C=C(C=Cc3ccc(N(C)C)cc3)OC(C=Cc3ccc(N(C)C)cc3)=C2)OC1=S. The van der Waals surface area contributed by atoms with Gasteiger partial charge in [0.1, 0.15) is 17.8 Å². The van der Waals surface area contributed by atoms with Crippen LogP contribution in [-0.2, 0) is 24.1 Å². The second kappa shape index (κ2) is 12.3. The topological polar surface area (TPSA) is 63.7 Å². The van der Waals surface area contributed by atoms with Crippen LogP contribution in [0.25, 0.3) is 12.2 Å². The molecule has 2 aromatic carbocycles. The van der Waals surface area contributed by atoms with Crippen LogP contribution < -0.4 is 9.80 Å². The van der Waals surface area contributed by atoms with E-state index in [4.69, 9.17) is 26.7 Å². The third-order valence-electron chi connectivity index (χ3n) is 5.71. The number of carbonyl (C=O) groups excluding carboxylic acids is 1. The minimum absolute atomic E-state index is 0.0153. The van der Waals surface area contributed by atoms with Gasteiger partial charge in [-0.15, -0.1) is 0 Å². The standard InChI is InChI=1S/C30H29N3O5S/c1-6-35-38-33-29(34)28(37-30(33)39)23-19-26(17-11-21-7-13-24(14-8-21)31(2)3)36-27(20-23)18-12-22-9-15-25(16-10-22)32(4)5/h6-20H,1H2,2-5H3. The van der Waals surface area contributed by atoms with Gasteiger partial charge in [-0.25, -0.2) is 0 Å². The lowest BCUT2D eigenvalue weighted by atomic mass is 10.1. The van der Waals surface area contributed by atoms with E-state index in [0.29, 0.717) is 17.1 Å². The Labute approximate surface area is 233 Å².